The van der Waals surface area contributed by atoms with E-state index in [9.17, 15) is 10.1 Å². The van der Waals surface area contributed by atoms with Crippen LogP contribution in [0.5, 0.6) is 5.75 Å². The van der Waals surface area contributed by atoms with Crippen molar-refractivity contribution >= 4 is 17.4 Å². The number of nitrogens with zero attached hydrogens (tertiary/aromatic N) is 2. The maximum Gasteiger partial charge on any atom is 0.269 e. The molecular formula is C15H12N2O3S. The van der Waals surface area contributed by atoms with Crippen molar-refractivity contribution in [1.29, 1.82) is 5.26 Å². The monoisotopic (exact) mass is 300 g/mol. The number of hydrogen-bond donors (Lipinski definition) is 0. The average Bonchev–Trinajstić information content (AvgIpc) is 2.52. The molecule has 2 aromatic rings. The Morgan fingerprint density at radius 1 is 1.24 bits per heavy atom. The largest absolute Gasteiger partial charge is 0.493 e. The molecule has 21 heavy (non-hydrogen) atoms. The van der Waals surface area contributed by atoms with Crippen LogP contribution >= 0.6 is 11.8 Å². The fourth-order valence-corrected chi connectivity index (χ4v) is 2.37. The summed E-state index contributed by atoms with van der Waals surface area (Å²) in [5, 5.41) is 19.3. The normalized spacial score (nSPS) is 9.86. The van der Waals surface area contributed by atoms with E-state index in [0.29, 0.717) is 23.7 Å². The van der Waals surface area contributed by atoms with Gasteiger partial charge < -0.3 is 4.74 Å². The molecule has 0 N–H and O–H groups in total. The van der Waals surface area contributed by atoms with Gasteiger partial charge >= 0.3 is 0 Å². The second kappa shape index (κ2) is 7.31. The van der Waals surface area contributed by atoms with Gasteiger partial charge in [0.2, 0.25) is 0 Å². The van der Waals surface area contributed by atoms with Gasteiger partial charge in [-0.05, 0) is 30.3 Å². The smallest absolute Gasteiger partial charge is 0.269 e. The van der Waals surface area contributed by atoms with Gasteiger partial charge in [0.05, 0.1) is 23.2 Å². The Morgan fingerprint density at radius 3 is 2.67 bits per heavy atom. The Kier molecular flexibility index (Phi) is 5.18. The van der Waals surface area contributed by atoms with Crippen molar-refractivity contribution in [3.63, 3.8) is 0 Å². The van der Waals surface area contributed by atoms with Gasteiger partial charge in [0.25, 0.3) is 5.69 Å². The predicted octanol–water partition coefficient (Wildman–Crippen LogP) is 3.64. The van der Waals surface area contributed by atoms with E-state index in [-0.39, 0.29) is 5.69 Å². The van der Waals surface area contributed by atoms with Crippen LogP contribution in [0.3, 0.4) is 0 Å². The van der Waals surface area contributed by atoms with Gasteiger partial charge in [0.1, 0.15) is 5.75 Å². The number of ether oxygens (including phenoxy) is 1. The van der Waals surface area contributed by atoms with E-state index >= 15 is 0 Å². The molecule has 0 saturated carbocycles. The van der Waals surface area contributed by atoms with Gasteiger partial charge in [-0.1, -0.05) is 6.07 Å². The van der Waals surface area contributed by atoms with E-state index in [4.69, 9.17) is 10.00 Å². The maximum absolute atomic E-state index is 10.5. The lowest BCUT2D eigenvalue weighted by atomic mass is 10.2. The molecule has 5 nitrogen and oxygen atoms in total. The van der Waals surface area contributed by atoms with Gasteiger partial charge in [-0.15, -0.1) is 11.8 Å². The van der Waals surface area contributed by atoms with Crippen LogP contribution in [0.1, 0.15) is 5.56 Å². The first kappa shape index (κ1) is 14.9. The number of thioether (sulfide) groups is 1. The van der Waals surface area contributed by atoms with E-state index in [1.807, 2.05) is 0 Å². The van der Waals surface area contributed by atoms with Crippen LogP contribution in [0.25, 0.3) is 0 Å². The van der Waals surface area contributed by atoms with Crippen molar-refractivity contribution in [3.05, 3.63) is 64.2 Å². The van der Waals surface area contributed by atoms with Crippen LogP contribution in [0.2, 0.25) is 0 Å². The molecule has 106 valence electrons. The first-order chi connectivity index (χ1) is 10.2. The molecule has 6 heteroatoms. The topological polar surface area (TPSA) is 76.2 Å². The molecule has 0 radical (unpaired) electrons. The van der Waals surface area contributed by atoms with Crippen LogP contribution in [0.15, 0.2) is 53.4 Å². The van der Waals surface area contributed by atoms with E-state index < -0.39 is 4.92 Å². The number of nitro groups is 1. The van der Waals surface area contributed by atoms with Crippen molar-refractivity contribution in [2.24, 2.45) is 0 Å². The van der Waals surface area contributed by atoms with Gasteiger partial charge in [-0.2, -0.15) is 5.26 Å². The zero-order valence-corrected chi connectivity index (χ0v) is 11.9. The summed E-state index contributed by atoms with van der Waals surface area (Å²) < 4.78 is 5.55. The van der Waals surface area contributed by atoms with Crippen molar-refractivity contribution in [1.82, 2.24) is 0 Å². The third-order valence-corrected chi connectivity index (χ3v) is 3.61. The minimum absolute atomic E-state index is 0.0870. The second-order valence-corrected chi connectivity index (χ2v) is 5.26. The summed E-state index contributed by atoms with van der Waals surface area (Å²) in [6, 6.07) is 15.5. The molecular weight excluding hydrogens is 288 g/mol. The molecule has 2 aromatic carbocycles. The number of nitro benzene ring substituents is 1. The highest BCUT2D eigenvalue weighted by Crippen LogP contribution is 2.21. The molecule has 0 aliphatic heterocycles. The summed E-state index contributed by atoms with van der Waals surface area (Å²) >= 11 is 1.56. The molecule has 2 rings (SSSR count). The lowest BCUT2D eigenvalue weighted by Crippen LogP contribution is -2.00. The van der Waals surface area contributed by atoms with Crippen LogP contribution in [0.4, 0.5) is 5.69 Å². The van der Waals surface area contributed by atoms with Crippen molar-refractivity contribution < 1.29 is 9.66 Å². The third kappa shape index (κ3) is 4.51. The third-order valence-electron chi connectivity index (χ3n) is 2.63. The number of benzene rings is 2. The van der Waals surface area contributed by atoms with Crippen LogP contribution in [-0.2, 0) is 0 Å². The minimum atomic E-state index is -0.417. The predicted molar refractivity (Wildman–Crippen MR) is 80.5 cm³/mol. The number of nitriles is 1. The van der Waals surface area contributed by atoms with Crippen LogP contribution in [-0.4, -0.2) is 17.3 Å². The van der Waals surface area contributed by atoms with E-state index in [1.54, 1.807) is 48.2 Å². The molecule has 0 spiro atoms. The standard InChI is InChI=1S/C15H12N2O3S/c16-11-12-2-1-3-14(10-12)20-8-9-21-15-6-4-13(5-7-15)17(18)19/h1-7,10H,8-9H2. The second-order valence-electron chi connectivity index (χ2n) is 4.09. The fraction of sp³-hybridized carbons (Fsp3) is 0.133. The molecule has 0 aromatic heterocycles. The Bertz CT molecular complexity index is 665. The molecule has 0 amide bonds. The average molecular weight is 300 g/mol. The quantitative estimate of drug-likeness (QED) is 0.352. The highest BCUT2D eigenvalue weighted by Gasteiger charge is 2.04. The van der Waals surface area contributed by atoms with Gasteiger partial charge in [-0.25, -0.2) is 0 Å². The Hall–Kier alpha value is -2.52. The zero-order valence-electron chi connectivity index (χ0n) is 11.1. The number of rotatable bonds is 6. The van der Waals surface area contributed by atoms with Gasteiger partial charge in [0.15, 0.2) is 0 Å². The van der Waals surface area contributed by atoms with E-state index in [2.05, 4.69) is 6.07 Å². The number of hydrogen-bond acceptors (Lipinski definition) is 5. The summed E-state index contributed by atoms with van der Waals surface area (Å²) in [5.74, 6) is 1.38. The lowest BCUT2D eigenvalue weighted by molar-refractivity contribution is -0.384. The van der Waals surface area contributed by atoms with E-state index in [0.717, 1.165) is 4.90 Å². The van der Waals surface area contributed by atoms with Crippen molar-refractivity contribution in [3.8, 4) is 11.8 Å². The molecule has 0 saturated heterocycles. The molecule has 0 unspecified atom stereocenters. The van der Waals surface area contributed by atoms with Crippen molar-refractivity contribution in [2.75, 3.05) is 12.4 Å². The summed E-state index contributed by atoms with van der Waals surface area (Å²) in [4.78, 5) is 11.1. The van der Waals surface area contributed by atoms with Gasteiger partial charge in [0, 0.05) is 22.8 Å². The summed E-state index contributed by atoms with van der Waals surface area (Å²) in [6.45, 7) is 0.497. The SMILES string of the molecule is N#Cc1cccc(OCCSc2ccc([N+](=O)[O-])cc2)c1. The lowest BCUT2D eigenvalue weighted by Gasteiger charge is -2.06. The summed E-state index contributed by atoms with van der Waals surface area (Å²) in [6.07, 6.45) is 0. The van der Waals surface area contributed by atoms with Gasteiger partial charge in [-0.3, -0.25) is 10.1 Å². The summed E-state index contributed by atoms with van der Waals surface area (Å²) in [7, 11) is 0. The molecule has 0 bridgehead atoms. The van der Waals surface area contributed by atoms with Crippen LogP contribution < -0.4 is 4.74 Å². The van der Waals surface area contributed by atoms with Crippen LogP contribution in [0, 0.1) is 21.4 Å². The van der Waals surface area contributed by atoms with Crippen molar-refractivity contribution in [2.45, 2.75) is 4.90 Å². The Morgan fingerprint density at radius 2 is 2.00 bits per heavy atom. The maximum atomic E-state index is 10.5. The molecule has 0 heterocycles. The minimum Gasteiger partial charge on any atom is -0.493 e. The first-order valence-corrected chi connectivity index (χ1v) is 7.18. The molecule has 0 atom stereocenters. The summed E-state index contributed by atoms with van der Waals surface area (Å²) in [5.41, 5.74) is 0.652. The van der Waals surface area contributed by atoms with E-state index in [1.165, 1.54) is 12.1 Å². The highest BCUT2D eigenvalue weighted by molar-refractivity contribution is 7.99. The first-order valence-electron chi connectivity index (χ1n) is 6.19. The molecule has 0 fully saturated rings. The Labute approximate surface area is 126 Å². The molecule has 0 aliphatic rings. The fourth-order valence-electron chi connectivity index (χ4n) is 1.64. The molecule has 0 aliphatic carbocycles. The highest BCUT2D eigenvalue weighted by atomic mass is 32.2. The zero-order chi connectivity index (χ0) is 15.1. The number of non-ortho nitro benzene ring substituents is 1. The Balaban J connectivity index is 1.79.